The minimum absolute atomic E-state index is 0.454. The van der Waals surface area contributed by atoms with E-state index in [1.54, 1.807) is 0 Å². The van der Waals surface area contributed by atoms with E-state index in [1.807, 2.05) is 0 Å². The Morgan fingerprint density at radius 2 is 2.42 bits per heavy atom. The van der Waals surface area contributed by atoms with Crippen LogP contribution in [0.5, 0.6) is 0 Å². The molecule has 0 spiro atoms. The van der Waals surface area contributed by atoms with E-state index in [1.165, 1.54) is 5.70 Å². The quantitative estimate of drug-likeness (QED) is 0.546. The highest BCUT2D eigenvalue weighted by atomic mass is 32.1. The van der Waals surface area contributed by atoms with Crippen LogP contribution in [-0.4, -0.2) is 17.6 Å². The molecule has 0 aromatic heterocycles. The number of hydrogen-bond acceptors (Lipinski definition) is 2. The van der Waals surface area contributed by atoms with E-state index < -0.39 is 0 Å². The fourth-order valence-corrected chi connectivity index (χ4v) is 1.75. The highest BCUT2D eigenvalue weighted by Gasteiger charge is 2.18. The second-order valence-electron chi connectivity index (χ2n) is 3.09. The van der Waals surface area contributed by atoms with Crippen LogP contribution >= 0.6 is 12.2 Å². The van der Waals surface area contributed by atoms with Crippen LogP contribution in [0, 0.1) is 0 Å². The SMILES string of the molecule is S=C1CCNC2CC=CC=C2N1. The fraction of sp³-hybridized carbons (Fsp3) is 0.444. The molecule has 2 nitrogen and oxygen atoms in total. The lowest BCUT2D eigenvalue weighted by atomic mass is 10.1. The standard InChI is InChI=1S/C9H12N2S/c12-9-5-6-10-7-3-1-2-4-8(7)11-9/h1-2,4,7,10H,3,5-6H2,(H,11,12). The number of allylic oxidation sites excluding steroid dienone is 2. The van der Waals surface area contributed by atoms with Crippen LogP contribution in [0.25, 0.3) is 0 Å². The van der Waals surface area contributed by atoms with Crippen molar-refractivity contribution in [2.45, 2.75) is 18.9 Å². The lowest BCUT2D eigenvalue weighted by molar-refractivity contribution is 0.584. The Kier molecular flexibility index (Phi) is 2.23. The molecule has 1 heterocycles. The van der Waals surface area contributed by atoms with Gasteiger partial charge in [0.2, 0.25) is 0 Å². The third kappa shape index (κ3) is 1.57. The molecule has 0 radical (unpaired) electrons. The van der Waals surface area contributed by atoms with Gasteiger partial charge in [0.05, 0.1) is 11.0 Å². The first-order valence-corrected chi connectivity index (χ1v) is 4.67. The normalized spacial score (nSPS) is 28.5. The fourth-order valence-electron chi connectivity index (χ4n) is 1.53. The van der Waals surface area contributed by atoms with E-state index in [9.17, 15) is 0 Å². The van der Waals surface area contributed by atoms with Crippen LogP contribution in [0.3, 0.4) is 0 Å². The Hall–Kier alpha value is -0.670. The predicted molar refractivity (Wildman–Crippen MR) is 54.0 cm³/mol. The second-order valence-corrected chi connectivity index (χ2v) is 3.58. The van der Waals surface area contributed by atoms with Crippen molar-refractivity contribution in [3.8, 4) is 0 Å². The molecule has 1 aliphatic carbocycles. The van der Waals surface area contributed by atoms with Crippen molar-refractivity contribution in [1.82, 2.24) is 10.6 Å². The average Bonchev–Trinajstić information content (AvgIpc) is 2.25. The molecular formula is C9H12N2S. The second kappa shape index (κ2) is 3.37. The summed E-state index contributed by atoms with van der Waals surface area (Å²) in [6, 6.07) is 0.454. The molecule has 0 saturated carbocycles. The van der Waals surface area contributed by atoms with E-state index >= 15 is 0 Å². The maximum atomic E-state index is 5.14. The molecule has 12 heavy (non-hydrogen) atoms. The summed E-state index contributed by atoms with van der Waals surface area (Å²) in [4.78, 5) is 0.951. The van der Waals surface area contributed by atoms with Gasteiger partial charge in [0, 0.05) is 18.7 Å². The molecule has 0 amide bonds. The predicted octanol–water partition coefficient (Wildman–Crippen LogP) is 1.11. The summed E-state index contributed by atoms with van der Waals surface area (Å²) in [5.41, 5.74) is 1.22. The van der Waals surface area contributed by atoms with Gasteiger partial charge in [-0.05, 0) is 12.5 Å². The molecule has 64 valence electrons. The molecule has 2 aliphatic rings. The van der Waals surface area contributed by atoms with Crippen LogP contribution in [0.1, 0.15) is 12.8 Å². The Balaban J connectivity index is 2.18. The molecule has 0 aromatic rings. The number of hydrogen-bond donors (Lipinski definition) is 2. The molecule has 0 bridgehead atoms. The van der Waals surface area contributed by atoms with E-state index in [4.69, 9.17) is 12.2 Å². The molecule has 1 saturated heterocycles. The molecule has 1 fully saturated rings. The zero-order valence-electron chi connectivity index (χ0n) is 6.84. The molecule has 1 unspecified atom stereocenters. The number of rotatable bonds is 0. The summed E-state index contributed by atoms with van der Waals surface area (Å²) in [7, 11) is 0. The first-order chi connectivity index (χ1) is 5.86. The molecule has 1 atom stereocenters. The topological polar surface area (TPSA) is 24.1 Å². The van der Waals surface area contributed by atoms with Gasteiger partial charge in [-0.3, -0.25) is 0 Å². The lowest BCUT2D eigenvalue weighted by Crippen LogP contribution is -2.34. The summed E-state index contributed by atoms with van der Waals surface area (Å²) in [6.45, 7) is 0.988. The van der Waals surface area contributed by atoms with Gasteiger partial charge < -0.3 is 10.6 Å². The minimum atomic E-state index is 0.454. The van der Waals surface area contributed by atoms with E-state index in [2.05, 4.69) is 28.9 Å². The first-order valence-electron chi connectivity index (χ1n) is 4.26. The largest absolute Gasteiger partial charge is 0.352 e. The molecule has 2 N–H and O–H groups in total. The number of nitrogens with one attached hydrogen (secondary N) is 2. The van der Waals surface area contributed by atoms with Gasteiger partial charge in [0.15, 0.2) is 0 Å². The highest BCUT2D eigenvalue weighted by Crippen LogP contribution is 2.12. The smallest absolute Gasteiger partial charge is 0.0808 e. The number of thiocarbonyl (C=S) groups is 1. The van der Waals surface area contributed by atoms with Crippen molar-refractivity contribution in [1.29, 1.82) is 0 Å². The van der Waals surface area contributed by atoms with Gasteiger partial charge in [-0.25, -0.2) is 0 Å². The van der Waals surface area contributed by atoms with Crippen LogP contribution in [-0.2, 0) is 0 Å². The van der Waals surface area contributed by atoms with Gasteiger partial charge in [0.1, 0.15) is 0 Å². The Morgan fingerprint density at radius 1 is 1.50 bits per heavy atom. The Morgan fingerprint density at radius 3 is 3.33 bits per heavy atom. The van der Waals surface area contributed by atoms with E-state index in [0.717, 1.165) is 24.4 Å². The Labute approximate surface area is 77.7 Å². The van der Waals surface area contributed by atoms with Crippen LogP contribution in [0.2, 0.25) is 0 Å². The summed E-state index contributed by atoms with van der Waals surface area (Å²) in [5.74, 6) is 0. The average molecular weight is 180 g/mol. The monoisotopic (exact) mass is 180 g/mol. The van der Waals surface area contributed by atoms with Crippen molar-refractivity contribution in [3.63, 3.8) is 0 Å². The van der Waals surface area contributed by atoms with Crippen molar-refractivity contribution in [2.24, 2.45) is 0 Å². The maximum absolute atomic E-state index is 5.14. The maximum Gasteiger partial charge on any atom is 0.0808 e. The summed E-state index contributed by atoms with van der Waals surface area (Å²) in [6.07, 6.45) is 8.37. The number of fused-ring (bicyclic) bond motifs is 1. The molecule has 2 rings (SSSR count). The van der Waals surface area contributed by atoms with Gasteiger partial charge in [-0.1, -0.05) is 24.4 Å². The molecule has 1 aliphatic heterocycles. The van der Waals surface area contributed by atoms with Gasteiger partial charge in [0.25, 0.3) is 0 Å². The van der Waals surface area contributed by atoms with Crippen LogP contribution in [0.15, 0.2) is 23.9 Å². The third-order valence-corrected chi connectivity index (χ3v) is 2.49. The highest BCUT2D eigenvalue weighted by molar-refractivity contribution is 7.80. The van der Waals surface area contributed by atoms with Crippen LogP contribution in [0.4, 0.5) is 0 Å². The van der Waals surface area contributed by atoms with Crippen molar-refractivity contribution < 1.29 is 0 Å². The van der Waals surface area contributed by atoms with Gasteiger partial charge in [-0.15, -0.1) is 0 Å². The van der Waals surface area contributed by atoms with E-state index in [0.29, 0.717) is 6.04 Å². The molecular weight excluding hydrogens is 168 g/mol. The third-order valence-electron chi connectivity index (χ3n) is 2.19. The summed E-state index contributed by atoms with van der Waals surface area (Å²) >= 11 is 5.14. The Bertz CT molecular complexity index is 255. The minimum Gasteiger partial charge on any atom is -0.352 e. The van der Waals surface area contributed by atoms with Crippen LogP contribution < -0.4 is 10.6 Å². The summed E-state index contributed by atoms with van der Waals surface area (Å²) < 4.78 is 0. The van der Waals surface area contributed by atoms with Crippen molar-refractivity contribution in [2.75, 3.05) is 6.54 Å². The van der Waals surface area contributed by atoms with Gasteiger partial charge in [-0.2, -0.15) is 0 Å². The summed E-state index contributed by atoms with van der Waals surface area (Å²) in [5, 5.41) is 6.70. The lowest BCUT2D eigenvalue weighted by Gasteiger charge is -2.19. The van der Waals surface area contributed by atoms with Crippen molar-refractivity contribution >= 4 is 17.2 Å². The zero-order valence-corrected chi connectivity index (χ0v) is 7.66. The zero-order chi connectivity index (χ0) is 8.39. The van der Waals surface area contributed by atoms with Crippen molar-refractivity contribution in [3.05, 3.63) is 23.9 Å². The van der Waals surface area contributed by atoms with E-state index in [-0.39, 0.29) is 0 Å². The van der Waals surface area contributed by atoms with Gasteiger partial charge >= 0.3 is 0 Å². The first kappa shape index (κ1) is 7.95. The molecule has 3 heteroatoms. The molecule has 0 aromatic carbocycles.